The van der Waals surface area contributed by atoms with Crippen LogP contribution in [0.3, 0.4) is 0 Å². The van der Waals surface area contributed by atoms with Gasteiger partial charge in [0.05, 0.1) is 0 Å². The molecule has 4 aliphatic carbocycles. The van der Waals surface area contributed by atoms with Crippen LogP contribution in [0.5, 0.6) is 0 Å². The molecule has 1 amide bonds. The van der Waals surface area contributed by atoms with E-state index < -0.39 is 0 Å². The van der Waals surface area contributed by atoms with E-state index >= 15 is 0 Å². The van der Waals surface area contributed by atoms with Crippen LogP contribution in [0, 0.1) is 17.3 Å². The number of amides is 1. The number of carbonyl (C=O) groups excluding carboxylic acids is 1. The summed E-state index contributed by atoms with van der Waals surface area (Å²) < 4.78 is 0. The SMILES string of the molecule is O=C(CC12C[C@H]3C[C@H](C1)CC(c1ccccc1)(C3)C2)NCc1ccccc1. The van der Waals surface area contributed by atoms with E-state index in [4.69, 9.17) is 0 Å². The van der Waals surface area contributed by atoms with Crippen molar-refractivity contribution < 1.29 is 4.79 Å². The summed E-state index contributed by atoms with van der Waals surface area (Å²) in [4.78, 5) is 12.8. The molecule has 27 heavy (non-hydrogen) atoms. The van der Waals surface area contributed by atoms with E-state index in [0.29, 0.717) is 18.4 Å². The normalized spacial score (nSPS) is 33.8. The maximum Gasteiger partial charge on any atom is 0.220 e. The molecule has 2 heteroatoms. The molecule has 0 radical (unpaired) electrons. The van der Waals surface area contributed by atoms with Gasteiger partial charge < -0.3 is 5.32 Å². The predicted molar refractivity (Wildman–Crippen MR) is 108 cm³/mol. The average molecular weight is 360 g/mol. The monoisotopic (exact) mass is 359 g/mol. The summed E-state index contributed by atoms with van der Waals surface area (Å²) in [5.41, 5.74) is 3.25. The zero-order valence-electron chi connectivity index (χ0n) is 16.0. The minimum Gasteiger partial charge on any atom is -0.352 e. The Morgan fingerprint density at radius 2 is 1.52 bits per heavy atom. The largest absolute Gasteiger partial charge is 0.352 e. The summed E-state index contributed by atoms with van der Waals surface area (Å²) in [6, 6.07) is 21.4. The Hall–Kier alpha value is -2.09. The number of rotatable bonds is 5. The van der Waals surface area contributed by atoms with Crippen LogP contribution in [-0.4, -0.2) is 5.91 Å². The van der Waals surface area contributed by atoms with Gasteiger partial charge in [-0.25, -0.2) is 0 Å². The van der Waals surface area contributed by atoms with Gasteiger partial charge in [-0.3, -0.25) is 4.79 Å². The summed E-state index contributed by atoms with van der Waals surface area (Å²) in [6.45, 7) is 0.645. The Balaban J connectivity index is 1.33. The Labute approximate surface area is 162 Å². The van der Waals surface area contributed by atoms with Crippen LogP contribution in [0.1, 0.15) is 56.1 Å². The van der Waals surface area contributed by atoms with Crippen molar-refractivity contribution in [3.8, 4) is 0 Å². The summed E-state index contributed by atoms with van der Waals surface area (Å²) in [7, 11) is 0. The third-order valence-electron chi connectivity index (χ3n) is 7.44. The zero-order chi connectivity index (χ0) is 18.3. The zero-order valence-corrected chi connectivity index (χ0v) is 16.0. The van der Waals surface area contributed by atoms with Gasteiger partial charge in [0.1, 0.15) is 0 Å². The lowest BCUT2D eigenvalue weighted by Gasteiger charge is -2.62. The van der Waals surface area contributed by atoms with Crippen LogP contribution in [-0.2, 0) is 16.8 Å². The van der Waals surface area contributed by atoms with Gasteiger partial charge in [0.2, 0.25) is 5.91 Å². The van der Waals surface area contributed by atoms with Crippen molar-refractivity contribution in [1.82, 2.24) is 5.32 Å². The van der Waals surface area contributed by atoms with Crippen molar-refractivity contribution in [1.29, 1.82) is 0 Å². The van der Waals surface area contributed by atoms with Gasteiger partial charge in [0.15, 0.2) is 0 Å². The fourth-order valence-electron chi connectivity index (χ4n) is 6.99. The summed E-state index contributed by atoms with van der Waals surface area (Å²) >= 11 is 0. The van der Waals surface area contributed by atoms with Gasteiger partial charge in [0, 0.05) is 13.0 Å². The molecule has 1 N–H and O–H groups in total. The highest BCUT2D eigenvalue weighted by Gasteiger charge is 2.58. The molecule has 0 saturated heterocycles. The molecule has 4 saturated carbocycles. The molecule has 2 aromatic rings. The number of hydrogen-bond donors (Lipinski definition) is 1. The van der Waals surface area contributed by atoms with Crippen LogP contribution < -0.4 is 5.32 Å². The van der Waals surface area contributed by atoms with Crippen molar-refractivity contribution in [2.24, 2.45) is 17.3 Å². The lowest BCUT2D eigenvalue weighted by molar-refractivity contribution is -0.131. The molecule has 4 bridgehead atoms. The Bertz CT molecular complexity index is 799. The highest BCUT2D eigenvalue weighted by Crippen LogP contribution is 2.66. The standard InChI is InChI=1S/C25H29NO/c27-23(26-17-19-7-3-1-4-8-19)16-24-12-20-11-21(13-24)15-25(14-20,18-24)22-9-5-2-6-10-22/h1-10,20-21H,11-18H2,(H,26,27)/t20-,21-,24?,25?/m1/s1. The van der Waals surface area contributed by atoms with Gasteiger partial charge in [-0.15, -0.1) is 0 Å². The molecule has 0 aromatic heterocycles. The molecule has 0 unspecified atom stereocenters. The highest BCUT2D eigenvalue weighted by atomic mass is 16.1. The first kappa shape index (κ1) is 17.0. The van der Waals surface area contributed by atoms with Crippen molar-refractivity contribution in [3.63, 3.8) is 0 Å². The van der Waals surface area contributed by atoms with Crippen LogP contribution in [0.4, 0.5) is 0 Å². The first-order chi connectivity index (χ1) is 13.1. The molecule has 0 spiro atoms. The molecule has 2 aromatic carbocycles. The highest BCUT2D eigenvalue weighted by molar-refractivity contribution is 5.76. The molecule has 4 aliphatic rings. The van der Waals surface area contributed by atoms with Crippen molar-refractivity contribution >= 4 is 5.91 Å². The minimum absolute atomic E-state index is 0.223. The van der Waals surface area contributed by atoms with Gasteiger partial charge in [-0.2, -0.15) is 0 Å². The molecule has 4 fully saturated rings. The van der Waals surface area contributed by atoms with Gasteiger partial charge in [0.25, 0.3) is 0 Å². The third-order valence-corrected chi connectivity index (χ3v) is 7.44. The van der Waals surface area contributed by atoms with Gasteiger partial charge in [-0.05, 0) is 72.3 Å². The van der Waals surface area contributed by atoms with Crippen molar-refractivity contribution in [2.45, 2.75) is 56.9 Å². The first-order valence-corrected chi connectivity index (χ1v) is 10.5. The molecule has 0 heterocycles. The van der Waals surface area contributed by atoms with Crippen LogP contribution in [0.2, 0.25) is 0 Å². The van der Waals surface area contributed by atoms with E-state index in [1.54, 1.807) is 0 Å². The Morgan fingerprint density at radius 1 is 0.889 bits per heavy atom. The van der Waals surface area contributed by atoms with E-state index in [9.17, 15) is 4.79 Å². The summed E-state index contributed by atoms with van der Waals surface area (Å²) in [6.07, 6.45) is 8.49. The minimum atomic E-state index is 0.223. The summed E-state index contributed by atoms with van der Waals surface area (Å²) in [5, 5.41) is 3.19. The molecule has 0 aliphatic heterocycles. The average Bonchev–Trinajstić information content (AvgIpc) is 2.66. The fourth-order valence-corrected chi connectivity index (χ4v) is 6.99. The van der Waals surface area contributed by atoms with E-state index in [1.165, 1.54) is 49.7 Å². The Kier molecular flexibility index (Phi) is 4.11. The van der Waals surface area contributed by atoms with E-state index in [0.717, 1.165) is 11.8 Å². The maximum atomic E-state index is 12.8. The van der Waals surface area contributed by atoms with Crippen LogP contribution in [0.15, 0.2) is 60.7 Å². The third kappa shape index (κ3) is 3.20. The van der Waals surface area contributed by atoms with E-state index in [1.807, 2.05) is 18.2 Å². The van der Waals surface area contributed by atoms with E-state index in [2.05, 4.69) is 47.8 Å². The second kappa shape index (κ2) is 6.51. The topological polar surface area (TPSA) is 29.1 Å². The quantitative estimate of drug-likeness (QED) is 0.778. The molecular weight excluding hydrogens is 330 g/mol. The lowest BCUT2D eigenvalue weighted by atomic mass is 9.42. The second-order valence-electron chi connectivity index (χ2n) is 9.55. The molecule has 2 nitrogen and oxygen atoms in total. The smallest absolute Gasteiger partial charge is 0.220 e. The van der Waals surface area contributed by atoms with Crippen LogP contribution in [0.25, 0.3) is 0 Å². The van der Waals surface area contributed by atoms with Crippen LogP contribution >= 0.6 is 0 Å². The fraction of sp³-hybridized carbons (Fsp3) is 0.480. The number of hydrogen-bond acceptors (Lipinski definition) is 1. The molecular formula is C25H29NO. The molecule has 6 rings (SSSR count). The number of nitrogens with one attached hydrogen (secondary N) is 1. The second-order valence-corrected chi connectivity index (χ2v) is 9.55. The van der Waals surface area contributed by atoms with Gasteiger partial charge >= 0.3 is 0 Å². The molecule has 2 atom stereocenters. The maximum absolute atomic E-state index is 12.8. The number of carbonyl (C=O) groups is 1. The van der Waals surface area contributed by atoms with Gasteiger partial charge in [-0.1, -0.05) is 60.7 Å². The van der Waals surface area contributed by atoms with Crippen molar-refractivity contribution in [2.75, 3.05) is 0 Å². The predicted octanol–water partition coefficient (Wildman–Crippen LogP) is 5.23. The Morgan fingerprint density at radius 3 is 2.19 bits per heavy atom. The first-order valence-electron chi connectivity index (χ1n) is 10.5. The summed E-state index contributed by atoms with van der Waals surface area (Å²) in [5.74, 6) is 1.87. The van der Waals surface area contributed by atoms with E-state index in [-0.39, 0.29) is 11.3 Å². The van der Waals surface area contributed by atoms with Crippen molar-refractivity contribution in [3.05, 3.63) is 71.8 Å². The number of benzene rings is 2. The molecule has 140 valence electrons. The lowest BCUT2D eigenvalue weighted by Crippen LogP contribution is -2.55.